The number of hydrogen-bond acceptors (Lipinski definition) is 4. The number of ether oxygens (including phenoxy) is 1. The SMILES string of the molecule is O=C([C@H]1Cc2ccccc2CN1)N1CC[C@@H](CN2CCOCC2)C1. The molecular weight excluding hydrogens is 302 g/mol. The highest BCUT2D eigenvalue weighted by Crippen LogP contribution is 2.22. The van der Waals surface area contributed by atoms with E-state index in [0.29, 0.717) is 5.92 Å². The van der Waals surface area contributed by atoms with Crippen LogP contribution in [0.2, 0.25) is 0 Å². The van der Waals surface area contributed by atoms with E-state index >= 15 is 0 Å². The molecule has 0 unspecified atom stereocenters. The van der Waals surface area contributed by atoms with Gasteiger partial charge in [0, 0.05) is 39.3 Å². The maximum Gasteiger partial charge on any atom is 0.240 e. The zero-order valence-corrected chi connectivity index (χ0v) is 14.2. The summed E-state index contributed by atoms with van der Waals surface area (Å²) in [6.07, 6.45) is 1.95. The molecule has 0 aliphatic carbocycles. The number of amides is 1. The van der Waals surface area contributed by atoms with Crippen LogP contribution in [0.5, 0.6) is 0 Å². The highest BCUT2D eigenvalue weighted by atomic mass is 16.5. The lowest BCUT2D eigenvalue weighted by Gasteiger charge is -2.30. The van der Waals surface area contributed by atoms with Crippen molar-refractivity contribution in [1.82, 2.24) is 15.1 Å². The van der Waals surface area contributed by atoms with Gasteiger partial charge in [0.2, 0.25) is 5.91 Å². The van der Waals surface area contributed by atoms with Gasteiger partial charge >= 0.3 is 0 Å². The smallest absolute Gasteiger partial charge is 0.240 e. The quantitative estimate of drug-likeness (QED) is 0.894. The molecule has 0 bridgehead atoms. The first-order valence-corrected chi connectivity index (χ1v) is 9.18. The van der Waals surface area contributed by atoms with Crippen molar-refractivity contribution in [2.45, 2.75) is 25.4 Å². The summed E-state index contributed by atoms with van der Waals surface area (Å²) in [6, 6.07) is 8.39. The summed E-state index contributed by atoms with van der Waals surface area (Å²) in [5.74, 6) is 0.900. The summed E-state index contributed by atoms with van der Waals surface area (Å²) >= 11 is 0. The maximum absolute atomic E-state index is 12.9. The Morgan fingerprint density at radius 1 is 1.17 bits per heavy atom. The molecule has 5 heteroatoms. The minimum Gasteiger partial charge on any atom is -0.379 e. The van der Waals surface area contributed by atoms with E-state index in [1.54, 1.807) is 0 Å². The topological polar surface area (TPSA) is 44.8 Å². The molecule has 4 rings (SSSR count). The van der Waals surface area contributed by atoms with Crippen LogP contribution in [-0.2, 0) is 22.5 Å². The molecule has 0 radical (unpaired) electrons. The first-order valence-electron chi connectivity index (χ1n) is 9.18. The molecule has 2 saturated heterocycles. The lowest BCUT2D eigenvalue weighted by Crippen LogP contribution is -2.49. The highest BCUT2D eigenvalue weighted by molar-refractivity contribution is 5.82. The summed E-state index contributed by atoms with van der Waals surface area (Å²) in [6.45, 7) is 7.49. The predicted molar refractivity (Wildman–Crippen MR) is 92.7 cm³/mol. The van der Waals surface area contributed by atoms with E-state index < -0.39 is 0 Å². The highest BCUT2D eigenvalue weighted by Gasteiger charge is 2.33. The number of likely N-dealkylation sites (tertiary alicyclic amines) is 1. The molecule has 1 aromatic carbocycles. The van der Waals surface area contributed by atoms with Crippen molar-refractivity contribution in [3.63, 3.8) is 0 Å². The van der Waals surface area contributed by atoms with Crippen LogP contribution in [-0.4, -0.2) is 67.7 Å². The Morgan fingerprint density at radius 2 is 1.96 bits per heavy atom. The lowest BCUT2D eigenvalue weighted by molar-refractivity contribution is -0.132. The number of rotatable bonds is 3. The number of morpholine rings is 1. The van der Waals surface area contributed by atoms with Gasteiger partial charge in [-0.3, -0.25) is 9.69 Å². The van der Waals surface area contributed by atoms with E-state index in [4.69, 9.17) is 4.74 Å². The van der Waals surface area contributed by atoms with Gasteiger partial charge in [0.1, 0.15) is 0 Å². The van der Waals surface area contributed by atoms with Crippen LogP contribution >= 0.6 is 0 Å². The largest absolute Gasteiger partial charge is 0.379 e. The first kappa shape index (κ1) is 16.1. The average molecular weight is 329 g/mol. The van der Waals surface area contributed by atoms with Crippen LogP contribution in [0.3, 0.4) is 0 Å². The minimum atomic E-state index is -0.0537. The van der Waals surface area contributed by atoms with Crippen LogP contribution in [0.4, 0.5) is 0 Å². The van der Waals surface area contributed by atoms with Crippen molar-refractivity contribution < 1.29 is 9.53 Å². The second kappa shape index (κ2) is 7.21. The molecule has 3 aliphatic rings. The third-order valence-corrected chi connectivity index (χ3v) is 5.60. The van der Waals surface area contributed by atoms with Crippen molar-refractivity contribution in [3.05, 3.63) is 35.4 Å². The molecule has 0 saturated carbocycles. The van der Waals surface area contributed by atoms with Gasteiger partial charge in [-0.05, 0) is 29.9 Å². The fraction of sp³-hybridized carbons (Fsp3) is 0.632. The van der Waals surface area contributed by atoms with Crippen LogP contribution in [0.25, 0.3) is 0 Å². The Balaban J connectivity index is 1.31. The Hall–Kier alpha value is -1.43. The van der Waals surface area contributed by atoms with Crippen molar-refractivity contribution in [1.29, 1.82) is 0 Å². The zero-order chi connectivity index (χ0) is 16.4. The summed E-state index contributed by atoms with van der Waals surface area (Å²) in [5.41, 5.74) is 2.65. The van der Waals surface area contributed by atoms with Gasteiger partial charge in [-0.2, -0.15) is 0 Å². The molecule has 0 spiro atoms. The van der Waals surface area contributed by atoms with E-state index in [0.717, 1.165) is 65.3 Å². The van der Waals surface area contributed by atoms with Gasteiger partial charge < -0.3 is 15.0 Å². The average Bonchev–Trinajstić information content (AvgIpc) is 3.10. The fourth-order valence-corrected chi connectivity index (χ4v) is 4.18. The molecular formula is C19H27N3O2. The van der Waals surface area contributed by atoms with Gasteiger partial charge in [0.05, 0.1) is 19.3 Å². The first-order chi connectivity index (χ1) is 11.8. The Morgan fingerprint density at radius 3 is 2.79 bits per heavy atom. The molecule has 3 heterocycles. The predicted octanol–water partition coefficient (Wildman–Crippen LogP) is 0.882. The number of carbonyl (C=O) groups excluding carboxylic acids is 1. The summed E-state index contributed by atoms with van der Waals surface area (Å²) in [4.78, 5) is 17.4. The Bertz CT molecular complexity index is 586. The number of nitrogens with zero attached hydrogens (tertiary/aromatic N) is 2. The van der Waals surface area contributed by atoms with Gasteiger partial charge in [-0.25, -0.2) is 0 Å². The molecule has 130 valence electrons. The van der Waals surface area contributed by atoms with Gasteiger partial charge in [-0.15, -0.1) is 0 Å². The third kappa shape index (κ3) is 3.48. The molecule has 2 atom stereocenters. The molecule has 1 amide bonds. The second-order valence-corrected chi connectivity index (χ2v) is 7.26. The number of benzene rings is 1. The van der Waals surface area contributed by atoms with Crippen molar-refractivity contribution in [2.75, 3.05) is 45.9 Å². The lowest BCUT2D eigenvalue weighted by atomic mass is 9.95. The van der Waals surface area contributed by atoms with Gasteiger partial charge in [0.15, 0.2) is 0 Å². The fourth-order valence-electron chi connectivity index (χ4n) is 4.18. The minimum absolute atomic E-state index is 0.0537. The van der Waals surface area contributed by atoms with Crippen molar-refractivity contribution in [2.24, 2.45) is 5.92 Å². The summed E-state index contributed by atoms with van der Waals surface area (Å²) in [5, 5.41) is 3.43. The van der Waals surface area contributed by atoms with E-state index in [1.165, 1.54) is 11.1 Å². The molecule has 0 aromatic heterocycles. The van der Waals surface area contributed by atoms with Gasteiger partial charge in [-0.1, -0.05) is 24.3 Å². The summed E-state index contributed by atoms with van der Waals surface area (Å²) < 4.78 is 5.42. The van der Waals surface area contributed by atoms with E-state index in [2.05, 4.69) is 39.4 Å². The zero-order valence-electron chi connectivity index (χ0n) is 14.2. The van der Waals surface area contributed by atoms with Gasteiger partial charge in [0.25, 0.3) is 0 Å². The molecule has 2 fully saturated rings. The van der Waals surface area contributed by atoms with E-state index in [9.17, 15) is 4.79 Å². The molecule has 5 nitrogen and oxygen atoms in total. The van der Waals surface area contributed by atoms with Crippen LogP contribution in [0.15, 0.2) is 24.3 Å². The molecule has 1 aromatic rings. The Labute approximate surface area is 144 Å². The third-order valence-electron chi connectivity index (χ3n) is 5.60. The molecule has 3 aliphatic heterocycles. The van der Waals surface area contributed by atoms with Crippen LogP contribution in [0.1, 0.15) is 17.5 Å². The molecule has 24 heavy (non-hydrogen) atoms. The van der Waals surface area contributed by atoms with E-state index in [-0.39, 0.29) is 11.9 Å². The number of nitrogens with one attached hydrogen (secondary N) is 1. The Kier molecular flexibility index (Phi) is 4.83. The van der Waals surface area contributed by atoms with Crippen LogP contribution in [0, 0.1) is 5.92 Å². The normalized spacial score (nSPS) is 27.9. The number of carbonyl (C=O) groups is 1. The standard InChI is InChI=1S/C19H27N3O2/c23-19(18-11-16-3-1-2-4-17(16)12-20-18)22-6-5-15(14-22)13-21-7-9-24-10-8-21/h1-4,15,18,20H,5-14H2/t15-,18+/m0/s1. The maximum atomic E-state index is 12.9. The van der Waals surface area contributed by atoms with Crippen molar-refractivity contribution in [3.8, 4) is 0 Å². The summed E-state index contributed by atoms with van der Waals surface area (Å²) in [7, 11) is 0. The van der Waals surface area contributed by atoms with E-state index in [1.807, 2.05) is 0 Å². The second-order valence-electron chi connectivity index (χ2n) is 7.26. The van der Waals surface area contributed by atoms with Crippen LogP contribution < -0.4 is 5.32 Å². The monoisotopic (exact) mass is 329 g/mol. The molecule has 1 N–H and O–H groups in total. The number of hydrogen-bond donors (Lipinski definition) is 1. The van der Waals surface area contributed by atoms with Crippen molar-refractivity contribution >= 4 is 5.91 Å². The number of fused-ring (bicyclic) bond motifs is 1.